The van der Waals surface area contributed by atoms with Gasteiger partial charge in [-0.25, -0.2) is 0 Å². The standard InChI is InChI=1S/C10H12N2O4S/c13-9(11-6-10(14)4-1-5-10)7-2-3-8(17-7)12(15)16/h2-3,14H,1,4-6H2,(H,11,13). The van der Waals surface area contributed by atoms with E-state index in [1.165, 1.54) is 12.1 Å². The molecular weight excluding hydrogens is 244 g/mol. The lowest BCUT2D eigenvalue weighted by atomic mass is 9.80. The van der Waals surface area contributed by atoms with Crippen molar-refractivity contribution in [1.82, 2.24) is 5.32 Å². The molecular formula is C10H12N2O4S. The van der Waals surface area contributed by atoms with Crippen LogP contribution in [0.1, 0.15) is 28.9 Å². The first kappa shape index (κ1) is 12.0. The second-order valence-corrected chi connectivity index (χ2v) is 5.22. The monoisotopic (exact) mass is 256 g/mol. The van der Waals surface area contributed by atoms with Gasteiger partial charge in [0, 0.05) is 12.6 Å². The van der Waals surface area contributed by atoms with Gasteiger partial charge in [-0.3, -0.25) is 14.9 Å². The molecule has 1 fully saturated rings. The summed E-state index contributed by atoms with van der Waals surface area (Å²) in [5.74, 6) is -0.372. The van der Waals surface area contributed by atoms with E-state index in [-0.39, 0.29) is 17.5 Å². The largest absolute Gasteiger partial charge is 0.388 e. The average Bonchev–Trinajstić information content (AvgIpc) is 2.72. The fraction of sp³-hybridized carbons (Fsp3) is 0.500. The molecule has 0 spiro atoms. The molecule has 17 heavy (non-hydrogen) atoms. The topological polar surface area (TPSA) is 92.5 Å². The van der Waals surface area contributed by atoms with Gasteiger partial charge in [0.15, 0.2) is 0 Å². The van der Waals surface area contributed by atoms with E-state index in [1.807, 2.05) is 0 Å². The third kappa shape index (κ3) is 2.62. The first-order valence-corrected chi connectivity index (χ1v) is 6.07. The van der Waals surface area contributed by atoms with Crippen LogP contribution in [0, 0.1) is 10.1 Å². The van der Waals surface area contributed by atoms with Crippen LogP contribution in [0.4, 0.5) is 5.00 Å². The van der Waals surface area contributed by atoms with E-state index in [2.05, 4.69) is 5.32 Å². The molecule has 2 rings (SSSR count). The van der Waals surface area contributed by atoms with Gasteiger partial charge in [0.25, 0.3) is 5.91 Å². The number of amides is 1. The van der Waals surface area contributed by atoms with Crippen LogP contribution in [0.25, 0.3) is 0 Å². The van der Waals surface area contributed by atoms with Crippen molar-refractivity contribution in [1.29, 1.82) is 0 Å². The van der Waals surface area contributed by atoms with Gasteiger partial charge < -0.3 is 10.4 Å². The van der Waals surface area contributed by atoms with Gasteiger partial charge in [-0.15, -0.1) is 0 Å². The molecule has 0 aromatic carbocycles. The van der Waals surface area contributed by atoms with Crippen LogP contribution < -0.4 is 5.32 Å². The Balaban J connectivity index is 1.92. The number of nitro groups is 1. The summed E-state index contributed by atoms with van der Waals surface area (Å²) >= 11 is 0.833. The normalized spacial score (nSPS) is 17.2. The maximum absolute atomic E-state index is 11.6. The first-order valence-electron chi connectivity index (χ1n) is 5.25. The lowest BCUT2D eigenvalue weighted by Crippen LogP contribution is -2.47. The minimum atomic E-state index is -0.779. The number of carbonyl (C=O) groups is 1. The summed E-state index contributed by atoms with van der Waals surface area (Å²) < 4.78 is 0. The van der Waals surface area contributed by atoms with Crippen molar-refractivity contribution >= 4 is 22.2 Å². The number of hydrogen-bond acceptors (Lipinski definition) is 5. The summed E-state index contributed by atoms with van der Waals surface area (Å²) in [6.07, 6.45) is 2.35. The van der Waals surface area contributed by atoms with Crippen molar-refractivity contribution in [2.45, 2.75) is 24.9 Å². The summed E-state index contributed by atoms with van der Waals surface area (Å²) in [6, 6.07) is 2.72. The molecule has 1 aliphatic rings. The van der Waals surface area contributed by atoms with Gasteiger partial charge in [0.1, 0.15) is 0 Å². The van der Waals surface area contributed by atoms with Crippen molar-refractivity contribution in [3.05, 3.63) is 27.1 Å². The van der Waals surface area contributed by atoms with E-state index < -0.39 is 10.5 Å². The Labute approximate surface area is 101 Å². The summed E-state index contributed by atoms with van der Waals surface area (Å²) in [7, 11) is 0. The van der Waals surface area contributed by atoms with Crippen molar-refractivity contribution in [2.75, 3.05) is 6.54 Å². The van der Waals surface area contributed by atoms with Crippen LogP contribution in [0.15, 0.2) is 12.1 Å². The molecule has 6 nitrogen and oxygen atoms in total. The lowest BCUT2D eigenvalue weighted by molar-refractivity contribution is -0.380. The molecule has 1 saturated carbocycles. The molecule has 1 amide bonds. The molecule has 1 aliphatic carbocycles. The molecule has 0 aliphatic heterocycles. The molecule has 0 bridgehead atoms. The van der Waals surface area contributed by atoms with Gasteiger partial charge in [-0.1, -0.05) is 11.3 Å². The Morgan fingerprint density at radius 1 is 1.59 bits per heavy atom. The summed E-state index contributed by atoms with van der Waals surface area (Å²) in [5.41, 5.74) is -0.779. The zero-order valence-electron chi connectivity index (χ0n) is 9.01. The quantitative estimate of drug-likeness (QED) is 0.627. The smallest absolute Gasteiger partial charge is 0.324 e. The van der Waals surface area contributed by atoms with Crippen LogP contribution in [0.3, 0.4) is 0 Å². The summed E-state index contributed by atoms with van der Waals surface area (Å²) in [6.45, 7) is 0.206. The molecule has 0 saturated heterocycles. The average molecular weight is 256 g/mol. The lowest BCUT2D eigenvalue weighted by Gasteiger charge is -2.36. The second kappa shape index (κ2) is 4.42. The fourth-order valence-electron chi connectivity index (χ4n) is 1.64. The van der Waals surface area contributed by atoms with E-state index in [0.717, 1.165) is 17.8 Å². The Bertz CT molecular complexity index is 453. The second-order valence-electron chi connectivity index (χ2n) is 4.16. The molecule has 0 unspecified atom stereocenters. The predicted molar refractivity (Wildman–Crippen MR) is 62.1 cm³/mol. The molecule has 1 aromatic heterocycles. The maximum atomic E-state index is 11.6. The summed E-state index contributed by atoms with van der Waals surface area (Å²) in [4.78, 5) is 21.9. The zero-order valence-corrected chi connectivity index (χ0v) is 9.83. The van der Waals surface area contributed by atoms with Crippen LogP contribution in [0.2, 0.25) is 0 Å². The highest BCUT2D eigenvalue weighted by Crippen LogP contribution is 2.31. The number of hydrogen-bond donors (Lipinski definition) is 2. The van der Waals surface area contributed by atoms with Crippen molar-refractivity contribution in [3.63, 3.8) is 0 Å². The van der Waals surface area contributed by atoms with Gasteiger partial charge in [0.2, 0.25) is 0 Å². The van der Waals surface area contributed by atoms with Crippen molar-refractivity contribution in [3.8, 4) is 0 Å². The molecule has 1 heterocycles. The number of nitrogens with one attached hydrogen (secondary N) is 1. The highest BCUT2D eigenvalue weighted by atomic mass is 32.1. The maximum Gasteiger partial charge on any atom is 0.324 e. The van der Waals surface area contributed by atoms with Crippen molar-refractivity contribution in [2.24, 2.45) is 0 Å². The van der Waals surface area contributed by atoms with Gasteiger partial charge in [-0.2, -0.15) is 0 Å². The fourth-order valence-corrected chi connectivity index (χ4v) is 2.38. The molecule has 1 aromatic rings. The van der Waals surface area contributed by atoms with Crippen LogP contribution in [0.5, 0.6) is 0 Å². The van der Waals surface area contributed by atoms with Crippen LogP contribution >= 0.6 is 11.3 Å². The zero-order chi connectivity index (χ0) is 12.5. The van der Waals surface area contributed by atoms with E-state index >= 15 is 0 Å². The third-order valence-electron chi connectivity index (χ3n) is 2.86. The Kier molecular flexibility index (Phi) is 3.12. The highest BCUT2D eigenvalue weighted by molar-refractivity contribution is 7.17. The number of rotatable bonds is 4. The minimum Gasteiger partial charge on any atom is -0.388 e. The van der Waals surface area contributed by atoms with Crippen LogP contribution in [-0.2, 0) is 0 Å². The molecule has 2 N–H and O–H groups in total. The first-order chi connectivity index (χ1) is 8.00. The molecule has 0 radical (unpaired) electrons. The highest BCUT2D eigenvalue weighted by Gasteiger charge is 2.34. The van der Waals surface area contributed by atoms with E-state index in [0.29, 0.717) is 17.7 Å². The number of aliphatic hydroxyl groups is 1. The van der Waals surface area contributed by atoms with Gasteiger partial charge in [0.05, 0.1) is 15.4 Å². The SMILES string of the molecule is O=C(NCC1(O)CCC1)c1ccc([N+](=O)[O-])s1. The molecule has 0 atom stereocenters. The number of carbonyl (C=O) groups excluding carboxylic acids is 1. The van der Waals surface area contributed by atoms with E-state index in [1.54, 1.807) is 0 Å². The number of nitrogens with zero attached hydrogens (tertiary/aromatic N) is 1. The van der Waals surface area contributed by atoms with Gasteiger partial charge in [-0.05, 0) is 25.3 Å². The van der Waals surface area contributed by atoms with E-state index in [9.17, 15) is 20.0 Å². The van der Waals surface area contributed by atoms with Crippen LogP contribution in [-0.4, -0.2) is 28.1 Å². The Hall–Kier alpha value is -1.47. The molecule has 7 heteroatoms. The minimum absolute atomic E-state index is 0.0579. The van der Waals surface area contributed by atoms with E-state index in [4.69, 9.17) is 0 Å². The Morgan fingerprint density at radius 3 is 2.76 bits per heavy atom. The third-order valence-corrected chi connectivity index (χ3v) is 3.89. The van der Waals surface area contributed by atoms with Crippen molar-refractivity contribution < 1.29 is 14.8 Å². The molecule has 92 valence electrons. The predicted octanol–water partition coefficient (Wildman–Crippen LogP) is 1.30. The number of thiophene rings is 1. The Morgan fingerprint density at radius 2 is 2.29 bits per heavy atom. The summed E-state index contributed by atoms with van der Waals surface area (Å²) in [5, 5.41) is 22.8. The van der Waals surface area contributed by atoms with Gasteiger partial charge >= 0.3 is 5.00 Å².